The van der Waals surface area contributed by atoms with Crippen molar-refractivity contribution in [2.75, 3.05) is 13.2 Å². The second-order valence-corrected chi connectivity index (χ2v) is 6.33. The molecule has 3 rings (SSSR count). The average molecular weight is 351 g/mol. The first-order valence-electron chi connectivity index (χ1n) is 7.93. The number of ether oxygens (including phenoxy) is 1. The van der Waals surface area contributed by atoms with E-state index in [4.69, 9.17) is 4.74 Å². The van der Waals surface area contributed by atoms with E-state index in [0.717, 1.165) is 5.52 Å². The highest BCUT2D eigenvalue weighted by atomic mass is 19.3. The van der Waals surface area contributed by atoms with Crippen molar-refractivity contribution in [2.45, 2.75) is 32.2 Å². The zero-order valence-corrected chi connectivity index (χ0v) is 13.9. The lowest BCUT2D eigenvalue weighted by Crippen LogP contribution is -2.51. The summed E-state index contributed by atoms with van der Waals surface area (Å²) in [6.45, 7) is 3.24. The SMILES string of the molecule is Cc1cc2ccc(OCC(F)F)cn2c1C(=O)NC1(C)CCNC1=O. The molecular weight excluding hydrogens is 332 g/mol. The van der Waals surface area contributed by atoms with Crippen LogP contribution in [0.3, 0.4) is 0 Å². The van der Waals surface area contributed by atoms with Gasteiger partial charge in [0.05, 0.1) is 6.20 Å². The van der Waals surface area contributed by atoms with E-state index in [9.17, 15) is 18.4 Å². The Morgan fingerprint density at radius 1 is 1.48 bits per heavy atom. The van der Waals surface area contributed by atoms with Crippen LogP contribution in [0.25, 0.3) is 5.52 Å². The van der Waals surface area contributed by atoms with Crippen LogP contribution >= 0.6 is 0 Å². The zero-order chi connectivity index (χ0) is 18.2. The first kappa shape index (κ1) is 17.2. The van der Waals surface area contributed by atoms with Crippen LogP contribution in [-0.4, -0.2) is 41.3 Å². The summed E-state index contributed by atoms with van der Waals surface area (Å²) in [4.78, 5) is 24.7. The summed E-state index contributed by atoms with van der Waals surface area (Å²) in [5.41, 5.74) is 0.828. The molecule has 3 heterocycles. The van der Waals surface area contributed by atoms with Crippen LogP contribution in [0.2, 0.25) is 0 Å². The Balaban J connectivity index is 1.91. The van der Waals surface area contributed by atoms with E-state index < -0.39 is 24.5 Å². The molecule has 2 aromatic heterocycles. The summed E-state index contributed by atoms with van der Waals surface area (Å²) < 4.78 is 31.2. The van der Waals surface area contributed by atoms with Gasteiger partial charge >= 0.3 is 0 Å². The predicted octanol–water partition coefficient (Wildman–Crippen LogP) is 1.90. The Labute approximate surface area is 143 Å². The van der Waals surface area contributed by atoms with E-state index in [1.807, 2.05) is 6.07 Å². The fourth-order valence-electron chi connectivity index (χ4n) is 2.98. The fourth-order valence-corrected chi connectivity index (χ4v) is 2.98. The van der Waals surface area contributed by atoms with Gasteiger partial charge in [0, 0.05) is 12.1 Å². The third kappa shape index (κ3) is 3.29. The van der Waals surface area contributed by atoms with Gasteiger partial charge in [-0.2, -0.15) is 0 Å². The summed E-state index contributed by atoms with van der Waals surface area (Å²) in [7, 11) is 0. The van der Waals surface area contributed by atoms with E-state index in [2.05, 4.69) is 10.6 Å². The van der Waals surface area contributed by atoms with Gasteiger partial charge in [0.2, 0.25) is 5.91 Å². The molecule has 25 heavy (non-hydrogen) atoms. The highest BCUT2D eigenvalue weighted by Crippen LogP contribution is 2.22. The lowest BCUT2D eigenvalue weighted by atomic mass is 10.0. The highest BCUT2D eigenvalue weighted by molar-refractivity contribution is 6.00. The molecule has 1 unspecified atom stereocenters. The minimum atomic E-state index is -2.58. The molecule has 0 spiro atoms. The summed E-state index contributed by atoms with van der Waals surface area (Å²) in [6, 6.07) is 5.07. The third-order valence-corrected chi connectivity index (χ3v) is 4.32. The molecule has 1 atom stereocenters. The van der Waals surface area contributed by atoms with E-state index in [-0.39, 0.29) is 11.7 Å². The van der Waals surface area contributed by atoms with Gasteiger partial charge in [0.15, 0.2) is 0 Å². The molecule has 0 aromatic carbocycles. The number of carbonyl (C=O) groups is 2. The summed E-state index contributed by atoms with van der Waals surface area (Å²) in [6.07, 6.45) is -0.579. The summed E-state index contributed by atoms with van der Waals surface area (Å²) >= 11 is 0. The number of rotatable bonds is 5. The van der Waals surface area contributed by atoms with Gasteiger partial charge in [-0.1, -0.05) is 0 Å². The second kappa shape index (κ2) is 6.34. The topological polar surface area (TPSA) is 71.8 Å². The van der Waals surface area contributed by atoms with Crippen molar-refractivity contribution < 1.29 is 23.1 Å². The molecule has 0 saturated carbocycles. The van der Waals surface area contributed by atoms with Crippen molar-refractivity contribution in [2.24, 2.45) is 0 Å². The van der Waals surface area contributed by atoms with E-state index in [1.165, 1.54) is 6.20 Å². The second-order valence-electron chi connectivity index (χ2n) is 6.33. The van der Waals surface area contributed by atoms with E-state index >= 15 is 0 Å². The lowest BCUT2D eigenvalue weighted by molar-refractivity contribution is -0.123. The number of halogens is 2. The normalized spacial score (nSPS) is 20.1. The van der Waals surface area contributed by atoms with Crippen LogP contribution in [0.5, 0.6) is 5.75 Å². The van der Waals surface area contributed by atoms with Crippen LogP contribution in [0.15, 0.2) is 24.4 Å². The number of pyridine rings is 1. The van der Waals surface area contributed by atoms with Crippen molar-refractivity contribution in [3.05, 3.63) is 35.7 Å². The molecule has 1 aliphatic rings. The summed E-state index contributed by atoms with van der Waals surface area (Å²) in [5.74, 6) is -0.384. The molecule has 2 aromatic rings. The Hall–Kier alpha value is -2.64. The number of aromatic nitrogens is 1. The Morgan fingerprint density at radius 3 is 2.88 bits per heavy atom. The molecule has 6 nitrogen and oxygen atoms in total. The van der Waals surface area contributed by atoms with Crippen LogP contribution in [-0.2, 0) is 4.79 Å². The van der Waals surface area contributed by atoms with Crippen LogP contribution in [0, 0.1) is 6.92 Å². The Morgan fingerprint density at radius 2 is 2.24 bits per heavy atom. The van der Waals surface area contributed by atoms with Crippen LogP contribution in [0.1, 0.15) is 29.4 Å². The molecule has 1 saturated heterocycles. The van der Waals surface area contributed by atoms with Crippen molar-refractivity contribution in [1.29, 1.82) is 0 Å². The first-order chi connectivity index (χ1) is 11.8. The number of nitrogens with one attached hydrogen (secondary N) is 2. The molecule has 2 amide bonds. The molecule has 0 radical (unpaired) electrons. The third-order valence-electron chi connectivity index (χ3n) is 4.32. The number of amides is 2. The maximum atomic E-state index is 12.8. The Kier molecular flexibility index (Phi) is 4.36. The van der Waals surface area contributed by atoms with Gasteiger partial charge in [-0.05, 0) is 44.0 Å². The number of aryl methyl sites for hydroxylation is 1. The highest BCUT2D eigenvalue weighted by Gasteiger charge is 2.39. The molecule has 1 fully saturated rings. The van der Waals surface area contributed by atoms with Gasteiger partial charge in [0.1, 0.15) is 23.6 Å². The van der Waals surface area contributed by atoms with Gasteiger partial charge in [-0.25, -0.2) is 8.78 Å². The maximum absolute atomic E-state index is 12.8. The quantitative estimate of drug-likeness (QED) is 0.864. The fraction of sp³-hybridized carbons (Fsp3) is 0.412. The zero-order valence-electron chi connectivity index (χ0n) is 13.9. The molecule has 8 heteroatoms. The van der Waals surface area contributed by atoms with Crippen molar-refractivity contribution >= 4 is 17.3 Å². The number of alkyl halides is 2. The molecule has 2 N–H and O–H groups in total. The minimum absolute atomic E-state index is 0.222. The van der Waals surface area contributed by atoms with Crippen molar-refractivity contribution in [3.8, 4) is 5.75 Å². The van der Waals surface area contributed by atoms with Gasteiger partial charge in [-0.15, -0.1) is 0 Å². The van der Waals surface area contributed by atoms with Crippen molar-refractivity contribution in [3.63, 3.8) is 0 Å². The first-order valence-corrected chi connectivity index (χ1v) is 7.93. The number of hydrogen-bond donors (Lipinski definition) is 2. The number of hydrogen-bond acceptors (Lipinski definition) is 3. The molecule has 134 valence electrons. The number of fused-ring (bicyclic) bond motifs is 1. The van der Waals surface area contributed by atoms with E-state index in [0.29, 0.717) is 24.2 Å². The predicted molar refractivity (Wildman–Crippen MR) is 87.1 cm³/mol. The Bertz CT molecular complexity index is 834. The maximum Gasteiger partial charge on any atom is 0.272 e. The van der Waals surface area contributed by atoms with Gasteiger partial charge < -0.3 is 19.8 Å². The van der Waals surface area contributed by atoms with Crippen LogP contribution in [0.4, 0.5) is 8.78 Å². The molecule has 0 aliphatic carbocycles. The minimum Gasteiger partial charge on any atom is -0.486 e. The largest absolute Gasteiger partial charge is 0.486 e. The standard InChI is InChI=1S/C17H19F2N3O3/c1-10-7-11-3-4-12(25-9-13(18)19)8-22(11)14(10)15(23)21-17(2)5-6-20-16(17)24/h3-4,7-8,13H,5-6,9H2,1-2H3,(H,20,24)(H,21,23). The van der Waals surface area contributed by atoms with Gasteiger partial charge in [-0.3, -0.25) is 9.59 Å². The molecule has 0 bridgehead atoms. The lowest BCUT2D eigenvalue weighted by Gasteiger charge is -2.22. The smallest absolute Gasteiger partial charge is 0.272 e. The average Bonchev–Trinajstić information content (AvgIpc) is 3.03. The summed E-state index contributed by atoms with van der Waals surface area (Å²) in [5, 5.41) is 5.47. The van der Waals surface area contributed by atoms with Crippen LogP contribution < -0.4 is 15.4 Å². The number of nitrogens with zero attached hydrogens (tertiary/aromatic N) is 1. The number of carbonyl (C=O) groups excluding carboxylic acids is 2. The van der Waals surface area contributed by atoms with Gasteiger partial charge in [0.25, 0.3) is 12.3 Å². The molecule has 1 aliphatic heterocycles. The monoisotopic (exact) mass is 351 g/mol. The van der Waals surface area contributed by atoms with Crippen molar-refractivity contribution in [1.82, 2.24) is 15.0 Å². The van der Waals surface area contributed by atoms with E-state index in [1.54, 1.807) is 30.4 Å². The molecular formula is C17H19F2N3O3.